The summed E-state index contributed by atoms with van der Waals surface area (Å²) in [5.41, 5.74) is 2.24. The van der Waals surface area contributed by atoms with E-state index in [1.165, 1.54) is 5.56 Å². The van der Waals surface area contributed by atoms with Crippen molar-refractivity contribution in [3.05, 3.63) is 64.1 Å². The summed E-state index contributed by atoms with van der Waals surface area (Å²) >= 11 is 3.49. The maximum atomic E-state index is 12.1. The van der Waals surface area contributed by atoms with Crippen molar-refractivity contribution in [2.24, 2.45) is 0 Å². The van der Waals surface area contributed by atoms with Crippen molar-refractivity contribution < 1.29 is 9.53 Å². The molecule has 0 spiro atoms. The summed E-state index contributed by atoms with van der Waals surface area (Å²) in [7, 11) is 1.78. The third-order valence-electron chi connectivity index (χ3n) is 3.17. The quantitative estimate of drug-likeness (QED) is 0.823. The second-order valence-electron chi connectivity index (χ2n) is 4.94. The molecule has 0 fully saturated rings. The molecule has 21 heavy (non-hydrogen) atoms. The highest BCUT2D eigenvalue weighted by Gasteiger charge is 2.11. The molecule has 0 aliphatic heterocycles. The van der Waals surface area contributed by atoms with Crippen LogP contribution in [0.25, 0.3) is 0 Å². The molecule has 0 aromatic heterocycles. The summed E-state index contributed by atoms with van der Waals surface area (Å²) < 4.78 is 6.51. The molecule has 3 nitrogen and oxygen atoms in total. The molecular formula is C17H18BrNO2. The molecule has 0 atom stereocenters. The van der Waals surface area contributed by atoms with Crippen LogP contribution in [-0.4, -0.2) is 24.5 Å². The lowest BCUT2D eigenvalue weighted by Crippen LogP contribution is -2.31. The molecule has 0 radical (unpaired) electrons. The van der Waals surface area contributed by atoms with Crippen molar-refractivity contribution >= 4 is 21.8 Å². The highest BCUT2D eigenvalue weighted by Crippen LogP contribution is 2.17. The van der Waals surface area contributed by atoms with Gasteiger partial charge in [0.25, 0.3) is 5.91 Å². The van der Waals surface area contributed by atoms with Crippen LogP contribution in [0.15, 0.2) is 53.0 Å². The molecule has 2 aromatic carbocycles. The fourth-order valence-corrected chi connectivity index (χ4v) is 2.27. The van der Waals surface area contributed by atoms with Crippen LogP contribution >= 0.6 is 15.9 Å². The lowest BCUT2D eigenvalue weighted by Gasteiger charge is -2.18. The van der Waals surface area contributed by atoms with Gasteiger partial charge in [-0.25, -0.2) is 0 Å². The number of amides is 1. The number of rotatable bonds is 5. The third-order valence-corrected chi connectivity index (χ3v) is 3.95. The van der Waals surface area contributed by atoms with Crippen molar-refractivity contribution in [2.75, 3.05) is 13.7 Å². The van der Waals surface area contributed by atoms with Crippen LogP contribution in [0.2, 0.25) is 0 Å². The largest absolute Gasteiger partial charge is 0.484 e. The Balaban J connectivity index is 1.88. The van der Waals surface area contributed by atoms with E-state index >= 15 is 0 Å². The summed E-state index contributed by atoms with van der Waals surface area (Å²) in [5, 5.41) is 0. The molecule has 0 heterocycles. The molecule has 4 heteroatoms. The Labute approximate surface area is 133 Å². The van der Waals surface area contributed by atoms with E-state index in [2.05, 4.69) is 15.9 Å². The first-order chi connectivity index (χ1) is 10.1. The number of halogens is 1. The highest BCUT2D eigenvalue weighted by molar-refractivity contribution is 9.10. The van der Waals surface area contributed by atoms with Crippen molar-refractivity contribution in [1.29, 1.82) is 0 Å². The topological polar surface area (TPSA) is 29.5 Å². The first-order valence-corrected chi connectivity index (χ1v) is 7.52. The number of likely N-dealkylation sites (N-methyl/N-ethyl adjacent to an activating group) is 1. The van der Waals surface area contributed by atoms with Crippen LogP contribution in [0, 0.1) is 6.92 Å². The molecule has 0 unspecified atom stereocenters. The maximum Gasteiger partial charge on any atom is 0.260 e. The number of ether oxygens (including phenoxy) is 1. The molecule has 2 rings (SSSR count). The monoisotopic (exact) mass is 347 g/mol. The second-order valence-corrected chi connectivity index (χ2v) is 5.80. The van der Waals surface area contributed by atoms with E-state index in [0.29, 0.717) is 12.3 Å². The minimum Gasteiger partial charge on any atom is -0.484 e. The number of carbonyl (C=O) groups is 1. The van der Waals surface area contributed by atoms with Crippen LogP contribution < -0.4 is 4.74 Å². The number of nitrogens with zero attached hydrogens (tertiary/aromatic N) is 1. The van der Waals surface area contributed by atoms with Crippen molar-refractivity contribution in [3.63, 3.8) is 0 Å². The predicted molar refractivity (Wildman–Crippen MR) is 87.3 cm³/mol. The van der Waals surface area contributed by atoms with Crippen LogP contribution in [0.4, 0.5) is 0 Å². The molecule has 0 N–H and O–H groups in total. The normalized spacial score (nSPS) is 10.2. The van der Waals surface area contributed by atoms with Crippen LogP contribution in [0.1, 0.15) is 11.1 Å². The minimum absolute atomic E-state index is 0.0456. The molecule has 0 aliphatic rings. The number of hydrogen-bond donors (Lipinski definition) is 0. The Morgan fingerprint density at radius 3 is 2.48 bits per heavy atom. The minimum atomic E-state index is -0.0497. The predicted octanol–water partition coefficient (Wildman–Crippen LogP) is 3.79. The van der Waals surface area contributed by atoms with E-state index in [1.807, 2.05) is 55.5 Å². The molecular weight excluding hydrogens is 330 g/mol. The zero-order valence-corrected chi connectivity index (χ0v) is 13.8. The number of benzene rings is 2. The van der Waals surface area contributed by atoms with Crippen LogP contribution in [0.3, 0.4) is 0 Å². The van der Waals surface area contributed by atoms with E-state index in [-0.39, 0.29) is 12.5 Å². The fraction of sp³-hybridized carbons (Fsp3) is 0.235. The summed E-state index contributed by atoms with van der Waals surface area (Å²) in [6, 6.07) is 15.5. The molecule has 0 bridgehead atoms. The first-order valence-electron chi connectivity index (χ1n) is 6.73. The first kappa shape index (κ1) is 15.6. The van der Waals surface area contributed by atoms with Crippen LogP contribution in [-0.2, 0) is 11.3 Å². The van der Waals surface area contributed by atoms with Crippen molar-refractivity contribution in [2.45, 2.75) is 13.5 Å². The molecule has 0 saturated carbocycles. The summed E-state index contributed by atoms with van der Waals surface area (Å²) in [4.78, 5) is 13.7. The lowest BCUT2D eigenvalue weighted by atomic mass is 10.2. The van der Waals surface area contributed by atoms with Gasteiger partial charge in [-0.05, 0) is 30.7 Å². The average Bonchev–Trinajstić information content (AvgIpc) is 2.48. The van der Waals surface area contributed by atoms with Gasteiger partial charge in [0, 0.05) is 18.1 Å². The second kappa shape index (κ2) is 7.27. The van der Waals surface area contributed by atoms with Gasteiger partial charge in [0.1, 0.15) is 5.75 Å². The van der Waals surface area contributed by atoms with E-state index in [1.54, 1.807) is 11.9 Å². The SMILES string of the molecule is Cc1ccc(OCC(=O)N(C)Cc2ccccc2Br)cc1. The van der Waals surface area contributed by atoms with E-state index in [4.69, 9.17) is 4.74 Å². The zero-order valence-electron chi connectivity index (χ0n) is 12.2. The summed E-state index contributed by atoms with van der Waals surface area (Å²) in [5.74, 6) is 0.662. The van der Waals surface area contributed by atoms with Gasteiger partial charge in [-0.15, -0.1) is 0 Å². The highest BCUT2D eigenvalue weighted by atomic mass is 79.9. The standard InChI is InChI=1S/C17H18BrNO2/c1-13-7-9-15(10-8-13)21-12-17(20)19(2)11-14-5-3-4-6-16(14)18/h3-10H,11-12H2,1-2H3. The van der Waals surface area contributed by atoms with Crippen molar-refractivity contribution in [1.82, 2.24) is 4.90 Å². The lowest BCUT2D eigenvalue weighted by molar-refractivity contribution is -0.132. The van der Waals surface area contributed by atoms with Gasteiger partial charge < -0.3 is 9.64 Å². The third kappa shape index (κ3) is 4.60. The van der Waals surface area contributed by atoms with Crippen LogP contribution in [0.5, 0.6) is 5.75 Å². The van der Waals surface area contributed by atoms with Gasteiger partial charge in [-0.3, -0.25) is 4.79 Å². The number of hydrogen-bond acceptors (Lipinski definition) is 2. The van der Waals surface area contributed by atoms with Gasteiger partial charge in [0.15, 0.2) is 6.61 Å². The van der Waals surface area contributed by atoms with E-state index in [9.17, 15) is 4.79 Å². The van der Waals surface area contributed by atoms with Gasteiger partial charge in [-0.2, -0.15) is 0 Å². The molecule has 110 valence electrons. The Hall–Kier alpha value is -1.81. The van der Waals surface area contributed by atoms with E-state index < -0.39 is 0 Å². The zero-order chi connectivity index (χ0) is 15.2. The molecule has 1 amide bonds. The summed E-state index contributed by atoms with van der Waals surface area (Å²) in [6.07, 6.45) is 0. The molecule has 0 saturated heterocycles. The Kier molecular flexibility index (Phi) is 5.39. The van der Waals surface area contributed by atoms with E-state index in [0.717, 1.165) is 10.0 Å². The number of carbonyl (C=O) groups excluding carboxylic acids is 1. The molecule has 2 aromatic rings. The maximum absolute atomic E-state index is 12.1. The Morgan fingerprint density at radius 2 is 1.81 bits per heavy atom. The average molecular weight is 348 g/mol. The van der Waals surface area contributed by atoms with Gasteiger partial charge >= 0.3 is 0 Å². The Bertz CT molecular complexity index is 610. The molecule has 0 aliphatic carbocycles. The van der Waals surface area contributed by atoms with Crippen molar-refractivity contribution in [3.8, 4) is 5.75 Å². The fourth-order valence-electron chi connectivity index (χ4n) is 1.86. The van der Waals surface area contributed by atoms with Gasteiger partial charge in [-0.1, -0.05) is 51.8 Å². The Morgan fingerprint density at radius 1 is 1.14 bits per heavy atom. The number of aryl methyl sites for hydroxylation is 1. The van der Waals surface area contributed by atoms with Gasteiger partial charge in [0.05, 0.1) is 0 Å². The van der Waals surface area contributed by atoms with Gasteiger partial charge in [0.2, 0.25) is 0 Å². The smallest absolute Gasteiger partial charge is 0.260 e. The summed E-state index contributed by atoms with van der Waals surface area (Å²) in [6.45, 7) is 2.61.